The maximum atomic E-state index is 6.47. The lowest BCUT2D eigenvalue weighted by molar-refractivity contribution is 0.318. The molecule has 1 aromatic carbocycles. The first-order valence-corrected chi connectivity index (χ1v) is 10.8. The van der Waals surface area contributed by atoms with Crippen LogP contribution in [0.25, 0.3) is 38.9 Å². The highest BCUT2D eigenvalue weighted by Gasteiger charge is 2.20. The number of hydrogen-bond donors (Lipinski definition) is 1. The quantitative estimate of drug-likeness (QED) is 0.413. The van der Waals surface area contributed by atoms with Crippen LogP contribution in [0.2, 0.25) is 10.0 Å². The molecule has 6 rings (SSSR count). The van der Waals surface area contributed by atoms with Crippen LogP contribution < -0.4 is 5.32 Å². The number of aromatic nitrogens is 5. The van der Waals surface area contributed by atoms with Gasteiger partial charge in [0.25, 0.3) is 0 Å². The summed E-state index contributed by atoms with van der Waals surface area (Å²) in [6.07, 6.45) is 7.86. The molecule has 8 heteroatoms. The molecule has 6 nitrogen and oxygen atoms in total. The Bertz CT molecular complexity index is 1440. The van der Waals surface area contributed by atoms with Crippen LogP contribution in [0.15, 0.2) is 55.1 Å². The number of nitrogens with one attached hydrogen (secondary N) is 1. The molecule has 1 fully saturated rings. The summed E-state index contributed by atoms with van der Waals surface area (Å²) in [5.74, 6) is 0. The zero-order valence-corrected chi connectivity index (χ0v) is 18.2. The van der Waals surface area contributed by atoms with E-state index >= 15 is 0 Å². The van der Waals surface area contributed by atoms with Crippen LogP contribution in [0.1, 0.15) is 11.7 Å². The molecule has 1 saturated heterocycles. The summed E-state index contributed by atoms with van der Waals surface area (Å²) in [7, 11) is 0. The molecule has 0 atom stereocenters. The van der Waals surface area contributed by atoms with Crippen LogP contribution in [-0.4, -0.2) is 37.2 Å². The van der Waals surface area contributed by atoms with Crippen LogP contribution in [0.4, 0.5) is 0 Å². The van der Waals surface area contributed by atoms with Gasteiger partial charge in [-0.3, -0.25) is 9.67 Å². The number of imidazole rings is 1. The number of hydrogen-bond acceptors (Lipinski definition) is 4. The molecular weight excluding hydrogens is 431 g/mol. The first-order valence-electron chi connectivity index (χ1n) is 10.1. The first kappa shape index (κ1) is 18.8. The third-order valence-corrected chi connectivity index (χ3v) is 6.59. The number of fused-ring (bicyclic) bond motifs is 3. The van der Waals surface area contributed by atoms with Gasteiger partial charge in [-0.1, -0.05) is 29.3 Å². The number of benzene rings is 1. The van der Waals surface area contributed by atoms with Crippen molar-refractivity contribution in [2.45, 2.75) is 13.0 Å². The van der Waals surface area contributed by atoms with Gasteiger partial charge < -0.3 is 9.72 Å². The van der Waals surface area contributed by atoms with Crippen molar-refractivity contribution in [1.82, 2.24) is 29.5 Å². The Morgan fingerprint density at radius 2 is 1.87 bits per heavy atom. The second-order valence-corrected chi connectivity index (χ2v) is 8.64. The number of halogens is 2. The molecule has 1 aliphatic rings. The zero-order chi connectivity index (χ0) is 21.1. The van der Waals surface area contributed by atoms with Crippen LogP contribution in [-0.2, 0) is 0 Å². The van der Waals surface area contributed by atoms with Gasteiger partial charge in [0.15, 0.2) is 0 Å². The van der Waals surface area contributed by atoms with Crippen molar-refractivity contribution in [1.29, 1.82) is 0 Å². The molecule has 0 spiro atoms. The third-order valence-electron chi connectivity index (χ3n) is 5.96. The van der Waals surface area contributed by atoms with E-state index < -0.39 is 0 Å². The van der Waals surface area contributed by atoms with Gasteiger partial charge in [-0.15, -0.1) is 0 Å². The summed E-state index contributed by atoms with van der Waals surface area (Å²) in [6, 6.07) is 10.1. The summed E-state index contributed by atoms with van der Waals surface area (Å²) < 4.78 is 4.08. The Hall–Kier alpha value is -2.93. The maximum Gasteiger partial charge on any atom is 0.147 e. The molecule has 0 saturated carbocycles. The minimum atomic E-state index is 0.423. The van der Waals surface area contributed by atoms with E-state index in [0.717, 1.165) is 57.7 Å². The lowest BCUT2D eigenvalue weighted by Gasteiger charge is -2.27. The molecule has 1 aliphatic heterocycles. The van der Waals surface area contributed by atoms with Gasteiger partial charge >= 0.3 is 0 Å². The van der Waals surface area contributed by atoms with Crippen molar-refractivity contribution in [2.24, 2.45) is 0 Å². The predicted molar refractivity (Wildman–Crippen MR) is 124 cm³/mol. The van der Waals surface area contributed by atoms with Gasteiger partial charge in [0.05, 0.1) is 33.5 Å². The average molecular weight is 449 g/mol. The van der Waals surface area contributed by atoms with Crippen molar-refractivity contribution in [2.75, 3.05) is 13.1 Å². The van der Waals surface area contributed by atoms with Crippen molar-refractivity contribution in [3.8, 4) is 22.4 Å². The Morgan fingerprint density at radius 3 is 2.61 bits per heavy atom. The lowest BCUT2D eigenvalue weighted by atomic mass is 10.1. The molecule has 154 valence electrons. The van der Waals surface area contributed by atoms with Gasteiger partial charge in [-0.2, -0.15) is 5.10 Å². The topological polar surface area (TPSA) is 60.0 Å². The van der Waals surface area contributed by atoms with Crippen molar-refractivity contribution >= 4 is 39.8 Å². The highest BCUT2D eigenvalue weighted by atomic mass is 35.5. The third kappa shape index (κ3) is 2.94. The molecule has 5 heterocycles. The number of nitrogens with zero attached hydrogens (tertiary/aromatic N) is 5. The average Bonchev–Trinajstić information content (AvgIpc) is 3.32. The van der Waals surface area contributed by atoms with Crippen molar-refractivity contribution < 1.29 is 0 Å². The van der Waals surface area contributed by atoms with Crippen LogP contribution in [0.5, 0.6) is 0 Å². The van der Waals surface area contributed by atoms with Crippen LogP contribution >= 0.6 is 23.2 Å². The summed E-state index contributed by atoms with van der Waals surface area (Å²) in [4.78, 5) is 9.64. The van der Waals surface area contributed by atoms with E-state index in [-0.39, 0.29) is 0 Å². The van der Waals surface area contributed by atoms with Crippen molar-refractivity contribution in [3.05, 3.63) is 70.9 Å². The first-order chi connectivity index (χ1) is 15.1. The van der Waals surface area contributed by atoms with Gasteiger partial charge in [0, 0.05) is 59.5 Å². The van der Waals surface area contributed by atoms with E-state index in [0.29, 0.717) is 16.1 Å². The largest absolute Gasteiger partial charge is 0.312 e. The second-order valence-electron chi connectivity index (χ2n) is 7.83. The summed E-state index contributed by atoms with van der Waals surface area (Å²) in [5, 5.41) is 9.95. The SMILES string of the molecule is Cc1c(-c2c(Cl)cccc2Cl)nc2c3cc(-c4cnn(C5CNC5)c4)cnc3ccn12. The predicted octanol–water partition coefficient (Wildman–Crippen LogP) is 5.17. The summed E-state index contributed by atoms with van der Waals surface area (Å²) in [6.45, 7) is 3.94. The standard InChI is InChI=1S/C23H18Cl2N6/c1-13-22(21-18(24)3-2-4-19(21)25)29-23-17-7-14(8-27-20(17)5-6-30(13)23)15-9-28-31(12-15)16-10-26-11-16/h2-9,12,16,26H,10-11H2,1H3. The molecule has 4 aromatic heterocycles. The molecule has 1 N–H and O–H groups in total. The Kier molecular flexibility index (Phi) is 4.28. The molecule has 0 unspecified atom stereocenters. The Labute approximate surface area is 188 Å². The number of rotatable bonds is 3. The van der Waals surface area contributed by atoms with E-state index in [4.69, 9.17) is 28.2 Å². The van der Waals surface area contributed by atoms with E-state index in [1.165, 1.54) is 0 Å². The second kappa shape index (κ2) is 7.05. The Balaban J connectivity index is 1.53. The van der Waals surface area contributed by atoms with Gasteiger partial charge in [-0.05, 0) is 31.2 Å². The molecule has 31 heavy (non-hydrogen) atoms. The van der Waals surface area contributed by atoms with Crippen LogP contribution in [0.3, 0.4) is 0 Å². The van der Waals surface area contributed by atoms with Gasteiger partial charge in [0.2, 0.25) is 0 Å². The van der Waals surface area contributed by atoms with Gasteiger partial charge in [0.1, 0.15) is 5.65 Å². The normalized spacial score (nSPS) is 14.4. The van der Waals surface area contributed by atoms with E-state index in [9.17, 15) is 0 Å². The minimum absolute atomic E-state index is 0.423. The summed E-state index contributed by atoms with van der Waals surface area (Å²) in [5.41, 5.74) is 6.26. The van der Waals surface area contributed by atoms with E-state index in [1.54, 1.807) is 0 Å². The fraction of sp³-hybridized carbons (Fsp3) is 0.174. The zero-order valence-electron chi connectivity index (χ0n) is 16.7. The fourth-order valence-electron chi connectivity index (χ4n) is 4.08. The van der Waals surface area contributed by atoms with E-state index in [1.807, 2.05) is 54.5 Å². The van der Waals surface area contributed by atoms with Crippen LogP contribution in [0, 0.1) is 6.92 Å². The monoisotopic (exact) mass is 448 g/mol. The molecule has 0 amide bonds. The number of pyridine rings is 2. The molecule has 0 aliphatic carbocycles. The highest BCUT2D eigenvalue weighted by Crippen LogP contribution is 2.37. The lowest BCUT2D eigenvalue weighted by Crippen LogP contribution is -2.43. The summed E-state index contributed by atoms with van der Waals surface area (Å²) >= 11 is 12.9. The molecule has 0 radical (unpaired) electrons. The van der Waals surface area contributed by atoms with Gasteiger partial charge in [-0.25, -0.2) is 4.98 Å². The Morgan fingerprint density at radius 1 is 1.06 bits per heavy atom. The van der Waals surface area contributed by atoms with E-state index in [2.05, 4.69) is 32.1 Å². The molecule has 5 aromatic rings. The maximum absolute atomic E-state index is 6.47. The van der Waals surface area contributed by atoms with Crippen molar-refractivity contribution in [3.63, 3.8) is 0 Å². The number of aryl methyl sites for hydroxylation is 1. The highest BCUT2D eigenvalue weighted by molar-refractivity contribution is 6.39. The molecule has 0 bridgehead atoms. The fourth-order valence-corrected chi connectivity index (χ4v) is 4.66. The smallest absolute Gasteiger partial charge is 0.147 e. The minimum Gasteiger partial charge on any atom is -0.312 e. The molecular formula is C23H18Cl2N6.